The molecule has 0 aromatic carbocycles. The van der Waals surface area contributed by atoms with Gasteiger partial charge in [0.2, 0.25) is 7.85 Å². The standard InChI is InChI=1S/C3H9BN2O/c1-2-6(5)3(4)7/h2,4-5H2,1H3. The molecule has 40 valence electrons. The predicted octanol–water partition coefficient (Wildman–Crippen LogP) is -1.06. The van der Waals surface area contributed by atoms with E-state index in [0.717, 1.165) is 5.01 Å². The minimum Gasteiger partial charge on any atom is -0.290 e. The van der Waals surface area contributed by atoms with Crippen LogP contribution in [0.25, 0.3) is 0 Å². The van der Waals surface area contributed by atoms with E-state index in [9.17, 15) is 4.79 Å². The fraction of sp³-hybridized carbons (Fsp3) is 0.667. The lowest BCUT2D eigenvalue weighted by molar-refractivity contribution is 0.225. The first-order valence-corrected chi connectivity index (χ1v) is 2.21. The highest BCUT2D eigenvalue weighted by Crippen LogP contribution is 1.72. The molecule has 7 heavy (non-hydrogen) atoms. The van der Waals surface area contributed by atoms with Gasteiger partial charge in [-0.15, -0.1) is 0 Å². The van der Waals surface area contributed by atoms with Crippen molar-refractivity contribution in [3.63, 3.8) is 0 Å². The zero-order valence-electron chi connectivity index (χ0n) is 4.64. The molecule has 0 aromatic rings. The van der Waals surface area contributed by atoms with Gasteiger partial charge in [0.05, 0.1) is 0 Å². The molecule has 0 radical (unpaired) electrons. The van der Waals surface area contributed by atoms with Gasteiger partial charge in [0, 0.05) is 6.54 Å². The highest BCUT2D eigenvalue weighted by molar-refractivity contribution is 6.56. The summed E-state index contributed by atoms with van der Waals surface area (Å²) in [5.41, 5.74) is 0. The van der Waals surface area contributed by atoms with Gasteiger partial charge in [-0.2, -0.15) is 0 Å². The molecule has 0 unspecified atom stereocenters. The fourth-order valence-corrected chi connectivity index (χ4v) is 0.223. The molecule has 0 aliphatic rings. The van der Waals surface area contributed by atoms with Crippen LogP contribution >= 0.6 is 0 Å². The van der Waals surface area contributed by atoms with Gasteiger partial charge in [-0.3, -0.25) is 9.80 Å². The van der Waals surface area contributed by atoms with Gasteiger partial charge in [0.15, 0.2) is 5.81 Å². The van der Waals surface area contributed by atoms with E-state index >= 15 is 0 Å². The molecule has 4 heteroatoms. The minimum atomic E-state index is -0.0949. The monoisotopic (exact) mass is 100 g/mol. The van der Waals surface area contributed by atoms with E-state index in [0.29, 0.717) is 6.54 Å². The third-order valence-electron chi connectivity index (χ3n) is 0.745. The van der Waals surface area contributed by atoms with Crippen molar-refractivity contribution in [2.45, 2.75) is 6.92 Å². The van der Waals surface area contributed by atoms with Crippen molar-refractivity contribution in [1.29, 1.82) is 0 Å². The van der Waals surface area contributed by atoms with E-state index < -0.39 is 0 Å². The van der Waals surface area contributed by atoms with Crippen molar-refractivity contribution in [1.82, 2.24) is 5.01 Å². The van der Waals surface area contributed by atoms with E-state index in [1.54, 1.807) is 0 Å². The van der Waals surface area contributed by atoms with Crippen LogP contribution in [0.2, 0.25) is 0 Å². The summed E-state index contributed by atoms with van der Waals surface area (Å²) in [5.74, 6) is 5.00. The van der Waals surface area contributed by atoms with Crippen LogP contribution in [0.1, 0.15) is 6.92 Å². The maximum atomic E-state index is 10.2. The molecule has 0 aromatic heterocycles. The average molecular weight is 99.9 g/mol. The summed E-state index contributed by atoms with van der Waals surface area (Å²) in [6, 6.07) is 0. The topological polar surface area (TPSA) is 46.3 Å². The smallest absolute Gasteiger partial charge is 0.217 e. The first-order chi connectivity index (χ1) is 3.18. The van der Waals surface area contributed by atoms with E-state index in [-0.39, 0.29) is 5.81 Å². The van der Waals surface area contributed by atoms with E-state index in [1.165, 1.54) is 7.85 Å². The predicted molar refractivity (Wildman–Crippen MR) is 30.5 cm³/mol. The highest BCUT2D eigenvalue weighted by atomic mass is 16.2. The summed E-state index contributed by atoms with van der Waals surface area (Å²) >= 11 is 0. The zero-order chi connectivity index (χ0) is 5.86. The number of hydrogen-bond acceptors (Lipinski definition) is 2. The lowest BCUT2D eigenvalue weighted by Crippen LogP contribution is -2.35. The van der Waals surface area contributed by atoms with Crippen LogP contribution in [0.3, 0.4) is 0 Å². The molecule has 0 bridgehead atoms. The van der Waals surface area contributed by atoms with Gasteiger partial charge in [0.1, 0.15) is 0 Å². The molecule has 0 rings (SSSR count). The van der Waals surface area contributed by atoms with Crippen molar-refractivity contribution in [3.05, 3.63) is 0 Å². The minimum absolute atomic E-state index is 0.0949. The van der Waals surface area contributed by atoms with Gasteiger partial charge < -0.3 is 0 Å². The first-order valence-electron chi connectivity index (χ1n) is 2.21. The quantitative estimate of drug-likeness (QED) is 0.197. The second-order valence-corrected chi connectivity index (χ2v) is 1.31. The number of nitrogens with two attached hydrogens (primary N) is 1. The third-order valence-corrected chi connectivity index (χ3v) is 0.745. The summed E-state index contributed by atoms with van der Waals surface area (Å²) in [7, 11) is 1.43. The molecule has 1 amide bonds. The molecule has 0 atom stereocenters. The van der Waals surface area contributed by atoms with E-state index in [2.05, 4.69) is 0 Å². The molecule has 0 saturated heterocycles. The Morgan fingerprint density at radius 3 is 2.43 bits per heavy atom. The van der Waals surface area contributed by atoms with Crippen molar-refractivity contribution in [2.75, 3.05) is 6.54 Å². The molecule has 0 aliphatic carbocycles. The fourth-order valence-electron chi connectivity index (χ4n) is 0.223. The normalized spacial score (nSPS) is 8.29. The highest BCUT2D eigenvalue weighted by Gasteiger charge is 1.94. The Hall–Kier alpha value is -0.505. The molecule has 0 heterocycles. The Labute approximate surface area is 43.9 Å². The van der Waals surface area contributed by atoms with Crippen LogP contribution < -0.4 is 5.84 Å². The molecule has 2 N–H and O–H groups in total. The second-order valence-electron chi connectivity index (χ2n) is 1.31. The maximum absolute atomic E-state index is 10.2. The Kier molecular flexibility index (Phi) is 2.44. The van der Waals surface area contributed by atoms with Gasteiger partial charge >= 0.3 is 0 Å². The SMILES string of the molecule is BC(=O)N(N)CC. The molecule has 0 saturated carbocycles. The van der Waals surface area contributed by atoms with Crippen molar-refractivity contribution >= 4 is 13.7 Å². The van der Waals surface area contributed by atoms with Crippen LogP contribution in [0.15, 0.2) is 0 Å². The maximum Gasteiger partial charge on any atom is 0.217 e. The Bertz CT molecular complexity index is 75.3. The Balaban J connectivity index is 3.34. The van der Waals surface area contributed by atoms with Crippen LogP contribution in [-0.2, 0) is 0 Å². The zero-order valence-corrected chi connectivity index (χ0v) is 4.64. The summed E-state index contributed by atoms with van der Waals surface area (Å²) in [5, 5.41) is 1.15. The third kappa shape index (κ3) is 2.22. The van der Waals surface area contributed by atoms with Crippen molar-refractivity contribution in [2.24, 2.45) is 5.84 Å². The van der Waals surface area contributed by atoms with Crippen LogP contribution in [-0.4, -0.2) is 25.2 Å². The number of nitrogens with zero attached hydrogens (tertiary/aromatic N) is 1. The molecule has 3 nitrogen and oxygen atoms in total. The molecule has 0 spiro atoms. The van der Waals surface area contributed by atoms with Gasteiger partial charge in [-0.25, -0.2) is 5.84 Å². The number of hydrazine groups is 1. The number of carbonyl (C=O) groups excluding carboxylic acids is 1. The summed E-state index contributed by atoms with van der Waals surface area (Å²) < 4.78 is 0. The first kappa shape index (κ1) is 6.49. The van der Waals surface area contributed by atoms with Crippen LogP contribution in [0.5, 0.6) is 0 Å². The number of hydrogen-bond donors (Lipinski definition) is 1. The van der Waals surface area contributed by atoms with Crippen LogP contribution in [0, 0.1) is 0 Å². The van der Waals surface area contributed by atoms with E-state index in [4.69, 9.17) is 5.84 Å². The van der Waals surface area contributed by atoms with Crippen molar-refractivity contribution < 1.29 is 4.79 Å². The number of amides is 1. The number of carbonyl (C=O) groups is 1. The van der Waals surface area contributed by atoms with Crippen molar-refractivity contribution in [3.8, 4) is 0 Å². The average Bonchev–Trinajstić information content (AvgIpc) is 1.65. The summed E-state index contributed by atoms with van der Waals surface area (Å²) in [6.45, 7) is 2.40. The molecule has 0 aliphatic heterocycles. The Morgan fingerprint density at radius 2 is 2.43 bits per heavy atom. The summed E-state index contributed by atoms with van der Waals surface area (Å²) in [4.78, 5) is 10.2. The number of rotatable bonds is 1. The molecule has 0 fully saturated rings. The van der Waals surface area contributed by atoms with Crippen LogP contribution in [0.4, 0.5) is 4.79 Å². The van der Waals surface area contributed by atoms with Gasteiger partial charge in [-0.05, 0) is 6.92 Å². The van der Waals surface area contributed by atoms with Gasteiger partial charge in [-0.1, -0.05) is 0 Å². The Morgan fingerprint density at radius 1 is 2.00 bits per heavy atom. The van der Waals surface area contributed by atoms with Gasteiger partial charge in [0.25, 0.3) is 0 Å². The molecular weight excluding hydrogens is 90.9 g/mol. The van der Waals surface area contributed by atoms with E-state index in [1.807, 2.05) is 6.92 Å². The lowest BCUT2D eigenvalue weighted by atomic mass is 10.1. The largest absolute Gasteiger partial charge is 0.290 e. The second kappa shape index (κ2) is 2.63. The molecular formula is C3H9BN2O. The summed E-state index contributed by atoms with van der Waals surface area (Å²) in [6.07, 6.45) is 0. The lowest BCUT2D eigenvalue weighted by Gasteiger charge is -2.09.